The van der Waals surface area contributed by atoms with E-state index in [1.807, 2.05) is 11.0 Å². The van der Waals surface area contributed by atoms with Crippen molar-refractivity contribution in [2.24, 2.45) is 0 Å². The molecule has 0 saturated carbocycles. The molecular formula is C19H22FN5O. The van der Waals surface area contributed by atoms with E-state index in [0.29, 0.717) is 43.4 Å². The van der Waals surface area contributed by atoms with Gasteiger partial charge in [0.1, 0.15) is 5.82 Å². The Hall–Kier alpha value is -2.70. The van der Waals surface area contributed by atoms with Crippen molar-refractivity contribution in [3.05, 3.63) is 48.0 Å². The fourth-order valence-corrected chi connectivity index (χ4v) is 3.55. The molecule has 0 spiro atoms. The minimum atomic E-state index is -0.224. The van der Waals surface area contributed by atoms with Gasteiger partial charge >= 0.3 is 0 Å². The molecule has 0 unspecified atom stereocenters. The normalized spacial score (nSPS) is 17.7. The van der Waals surface area contributed by atoms with Crippen LogP contribution >= 0.6 is 0 Å². The van der Waals surface area contributed by atoms with E-state index in [9.17, 15) is 9.18 Å². The highest BCUT2D eigenvalue weighted by Gasteiger charge is 2.24. The summed E-state index contributed by atoms with van der Waals surface area (Å²) in [4.78, 5) is 27.3. The van der Waals surface area contributed by atoms with Gasteiger partial charge in [-0.1, -0.05) is 12.1 Å². The van der Waals surface area contributed by atoms with E-state index < -0.39 is 0 Å². The van der Waals surface area contributed by atoms with E-state index in [0.717, 1.165) is 25.9 Å². The van der Waals surface area contributed by atoms with Crippen LogP contribution in [0.25, 0.3) is 0 Å². The third kappa shape index (κ3) is 3.34. The Morgan fingerprint density at radius 2 is 1.54 bits per heavy atom. The second-order valence-corrected chi connectivity index (χ2v) is 6.70. The third-order valence-corrected chi connectivity index (χ3v) is 5.03. The Morgan fingerprint density at radius 1 is 0.885 bits per heavy atom. The first kappa shape index (κ1) is 16.8. The van der Waals surface area contributed by atoms with Gasteiger partial charge in [-0.3, -0.25) is 4.79 Å². The fraction of sp³-hybridized carbons (Fsp3) is 0.421. The summed E-state index contributed by atoms with van der Waals surface area (Å²) in [6.07, 6.45) is 5.56. The number of piperazine rings is 1. The smallest absolute Gasteiger partial charge is 0.257 e. The molecule has 6 nitrogen and oxygen atoms in total. The molecule has 0 radical (unpaired) electrons. The van der Waals surface area contributed by atoms with Crippen molar-refractivity contribution in [3.63, 3.8) is 0 Å². The molecular weight excluding hydrogens is 333 g/mol. The zero-order valence-corrected chi connectivity index (χ0v) is 14.6. The maximum atomic E-state index is 13.9. The number of aromatic nitrogens is 2. The lowest BCUT2D eigenvalue weighted by Gasteiger charge is -2.36. The number of hydrogen-bond donors (Lipinski definition) is 0. The molecule has 1 aromatic carbocycles. The van der Waals surface area contributed by atoms with Crippen LogP contribution in [0.1, 0.15) is 23.2 Å². The Kier molecular flexibility index (Phi) is 4.69. The van der Waals surface area contributed by atoms with Gasteiger partial charge < -0.3 is 14.7 Å². The average Bonchev–Trinajstić information content (AvgIpc) is 3.23. The molecule has 0 aliphatic carbocycles. The molecule has 136 valence electrons. The highest BCUT2D eigenvalue weighted by Crippen LogP contribution is 2.21. The molecule has 2 aromatic rings. The molecule has 2 saturated heterocycles. The number of rotatable bonds is 3. The SMILES string of the molecule is O=C(c1cnc(N2CCCC2)nc1)N1CCN(c2ccccc2F)CC1. The molecule has 3 heterocycles. The summed E-state index contributed by atoms with van der Waals surface area (Å²) in [5.41, 5.74) is 1.10. The van der Waals surface area contributed by atoms with Crippen LogP contribution in [0.15, 0.2) is 36.7 Å². The number of carbonyl (C=O) groups excluding carboxylic acids is 1. The number of para-hydroxylation sites is 1. The van der Waals surface area contributed by atoms with Gasteiger partial charge in [0, 0.05) is 51.7 Å². The number of nitrogens with zero attached hydrogens (tertiary/aromatic N) is 5. The molecule has 7 heteroatoms. The Balaban J connectivity index is 1.38. The monoisotopic (exact) mass is 355 g/mol. The molecule has 1 aromatic heterocycles. The second-order valence-electron chi connectivity index (χ2n) is 6.70. The lowest BCUT2D eigenvalue weighted by molar-refractivity contribution is 0.0746. The van der Waals surface area contributed by atoms with Crippen molar-refractivity contribution in [1.29, 1.82) is 0 Å². The zero-order chi connectivity index (χ0) is 17.9. The van der Waals surface area contributed by atoms with E-state index in [1.165, 1.54) is 6.07 Å². The van der Waals surface area contributed by atoms with Gasteiger partial charge in [-0.15, -0.1) is 0 Å². The predicted molar refractivity (Wildman–Crippen MR) is 98.0 cm³/mol. The molecule has 1 amide bonds. The van der Waals surface area contributed by atoms with E-state index >= 15 is 0 Å². The van der Waals surface area contributed by atoms with Gasteiger partial charge in [0.15, 0.2) is 0 Å². The van der Waals surface area contributed by atoms with Gasteiger partial charge in [0.25, 0.3) is 5.91 Å². The van der Waals surface area contributed by atoms with Crippen LogP contribution in [0.5, 0.6) is 0 Å². The van der Waals surface area contributed by atoms with Gasteiger partial charge in [-0.2, -0.15) is 0 Å². The standard InChI is InChI=1S/C19H22FN5O/c20-16-5-1-2-6-17(16)23-9-11-24(12-10-23)18(26)15-13-21-19(22-14-15)25-7-3-4-8-25/h1-2,5-6,13-14H,3-4,7-12H2. The third-order valence-electron chi connectivity index (χ3n) is 5.03. The first-order chi connectivity index (χ1) is 12.7. The van der Waals surface area contributed by atoms with Gasteiger partial charge in [0.2, 0.25) is 5.95 Å². The zero-order valence-electron chi connectivity index (χ0n) is 14.6. The molecule has 2 fully saturated rings. The van der Waals surface area contributed by atoms with Crippen molar-refractivity contribution in [2.45, 2.75) is 12.8 Å². The summed E-state index contributed by atoms with van der Waals surface area (Å²) in [7, 11) is 0. The molecule has 0 atom stereocenters. The first-order valence-corrected chi connectivity index (χ1v) is 9.08. The van der Waals surface area contributed by atoms with Crippen LogP contribution in [0.2, 0.25) is 0 Å². The van der Waals surface area contributed by atoms with E-state index in [4.69, 9.17) is 0 Å². The lowest BCUT2D eigenvalue weighted by Crippen LogP contribution is -2.49. The number of hydrogen-bond acceptors (Lipinski definition) is 5. The summed E-state index contributed by atoms with van der Waals surface area (Å²) in [6, 6.07) is 6.75. The van der Waals surface area contributed by atoms with Crippen LogP contribution < -0.4 is 9.80 Å². The summed E-state index contributed by atoms with van der Waals surface area (Å²) < 4.78 is 13.9. The molecule has 0 bridgehead atoms. The molecule has 2 aliphatic heterocycles. The van der Waals surface area contributed by atoms with Gasteiger partial charge in [-0.05, 0) is 25.0 Å². The minimum Gasteiger partial charge on any atom is -0.366 e. The summed E-state index contributed by atoms with van der Waals surface area (Å²) in [5.74, 6) is 0.410. The van der Waals surface area contributed by atoms with Crippen molar-refractivity contribution in [3.8, 4) is 0 Å². The van der Waals surface area contributed by atoms with Crippen molar-refractivity contribution < 1.29 is 9.18 Å². The first-order valence-electron chi connectivity index (χ1n) is 9.08. The fourth-order valence-electron chi connectivity index (χ4n) is 3.55. The largest absolute Gasteiger partial charge is 0.366 e. The van der Waals surface area contributed by atoms with Crippen molar-refractivity contribution in [1.82, 2.24) is 14.9 Å². The average molecular weight is 355 g/mol. The van der Waals surface area contributed by atoms with E-state index in [-0.39, 0.29) is 11.7 Å². The van der Waals surface area contributed by atoms with Crippen LogP contribution in [-0.4, -0.2) is 60.0 Å². The van der Waals surface area contributed by atoms with Crippen LogP contribution in [0.3, 0.4) is 0 Å². The highest BCUT2D eigenvalue weighted by atomic mass is 19.1. The number of halogens is 1. The van der Waals surface area contributed by atoms with Crippen molar-refractivity contribution in [2.75, 3.05) is 49.1 Å². The number of carbonyl (C=O) groups is 1. The minimum absolute atomic E-state index is 0.0637. The number of amides is 1. The Labute approximate surface area is 152 Å². The van der Waals surface area contributed by atoms with Crippen LogP contribution in [-0.2, 0) is 0 Å². The quantitative estimate of drug-likeness (QED) is 0.845. The molecule has 4 rings (SSSR count). The van der Waals surface area contributed by atoms with E-state index in [2.05, 4.69) is 14.9 Å². The summed E-state index contributed by atoms with van der Waals surface area (Å²) >= 11 is 0. The Bertz CT molecular complexity index is 768. The maximum absolute atomic E-state index is 13.9. The number of anilines is 2. The van der Waals surface area contributed by atoms with Crippen LogP contribution in [0, 0.1) is 5.82 Å². The molecule has 2 aliphatic rings. The van der Waals surface area contributed by atoms with Crippen LogP contribution in [0.4, 0.5) is 16.0 Å². The van der Waals surface area contributed by atoms with Gasteiger partial charge in [0.05, 0.1) is 11.3 Å². The predicted octanol–water partition coefficient (Wildman–Crippen LogP) is 2.18. The summed E-state index contributed by atoms with van der Waals surface area (Å²) in [6.45, 7) is 4.29. The second kappa shape index (κ2) is 7.27. The Morgan fingerprint density at radius 3 is 2.19 bits per heavy atom. The highest BCUT2D eigenvalue weighted by molar-refractivity contribution is 5.93. The van der Waals surface area contributed by atoms with Crippen molar-refractivity contribution >= 4 is 17.5 Å². The van der Waals surface area contributed by atoms with E-state index in [1.54, 1.807) is 29.4 Å². The molecule has 0 N–H and O–H groups in total. The topological polar surface area (TPSA) is 52.6 Å². The molecule has 26 heavy (non-hydrogen) atoms. The number of benzene rings is 1. The lowest BCUT2D eigenvalue weighted by atomic mass is 10.2. The summed E-state index contributed by atoms with van der Waals surface area (Å²) in [5, 5.41) is 0. The maximum Gasteiger partial charge on any atom is 0.257 e. The van der Waals surface area contributed by atoms with Gasteiger partial charge in [-0.25, -0.2) is 14.4 Å².